The highest BCUT2D eigenvalue weighted by Gasteiger charge is 2.17. The molecule has 1 rings (SSSR count). The molecule has 1 aromatic carbocycles. The Morgan fingerprint density at radius 2 is 2.07 bits per heavy atom. The highest BCUT2D eigenvalue weighted by molar-refractivity contribution is 9.10. The third-order valence-corrected chi connectivity index (χ3v) is 2.98. The molecule has 1 aromatic rings. The van der Waals surface area contributed by atoms with Gasteiger partial charge < -0.3 is 15.9 Å². The second kappa shape index (κ2) is 5.02. The summed E-state index contributed by atoms with van der Waals surface area (Å²) in [5.74, 6) is 0.211. The van der Waals surface area contributed by atoms with Crippen LogP contribution < -0.4 is 5.73 Å². The van der Waals surface area contributed by atoms with E-state index in [4.69, 9.17) is 5.73 Å². The molecule has 0 radical (unpaired) electrons. The summed E-state index contributed by atoms with van der Waals surface area (Å²) < 4.78 is 0.709. The molecule has 0 fully saturated rings. The first kappa shape index (κ1) is 11.8. The summed E-state index contributed by atoms with van der Waals surface area (Å²) in [6.07, 6.45) is -1.79. The van der Waals surface area contributed by atoms with Crippen LogP contribution in [0.1, 0.15) is 11.7 Å². The predicted molar refractivity (Wildman–Crippen MR) is 63.4 cm³/mol. The average molecular weight is 278 g/mol. The third-order valence-electron chi connectivity index (χ3n) is 1.92. The zero-order valence-corrected chi connectivity index (χ0v) is 9.87. The summed E-state index contributed by atoms with van der Waals surface area (Å²) in [5, 5.41) is 19.0. The smallest absolute Gasteiger partial charge is 0.106 e. The molecule has 0 heterocycles. The third kappa shape index (κ3) is 2.63. The van der Waals surface area contributed by atoms with Crippen molar-refractivity contribution in [2.75, 3.05) is 11.5 Å². The van der Waals surface area contributed by atoms with Crippen molar-refractivity contribution in [3.05, 3.63) is 28.2 Å². The lowest BCUT2D eigenvalue weighted by molar-refractivity contribution is 0.0337. The maximum atomic E-state index is 9.64. The van der Waals surface area contributed by atoms with Crippen molar-refractivity contribution in [2.24, 2.45) is 0 Å². The molecule has 0 amide bonds. The van der Waals surface area contributed by atoms with Crippen LogP contribution in [-0.4, -0.2) is 22.1 Å². The lowest BCUT2D eigenvalue weighted by Gasteiger charge is -2.16. The fraction of sp³-hybridized carbons (Fsp3) is 0.333. The van der Waals surface area contributed by atoms with Gasteiger partial charge in [0, 0.05) is 15.9 Å². The van der Waals surface area contributed by atoms with E-state index in [9.17, 15) is 10.2 Å². The summed E-state index contributed by atoms with van der Waals surface area (Å²) in [7, 11) is 0. The second-order valence-electron chi connectivity index (χ2n) is 2.98. The van der Waals surface area contributed by atoms with Crippen molar-refractivity contribution in [1.29, 1.82) is 0 Å². The number of rotatable bonds is 3. The number of nitrogens with two attached hydrogens (primary N) is 1. The summed E-state index contributed by atoms with van der Waals surface area (Å²) >= 11 is 7.15. The molecule has 0 aromatic heterocycles. The molecule has 2 atom stereocenters. The summed E-state index contributed by atoms with van der Waals surface area (Å²) in [6.45, 7) is 0. The van der Waals surface area contributed by atoms with Gasteiger partial charge in [-0.2, -0.15) is 12.6 Å². The monoisotopic (exact) mass is 277 g/mol. The zero-order chi connectivity index (χ0) is 10.7. The van der Waals surface area contributed by atoms with Gasteiger partial charge >= 0.3 is 0 Å². The van der Waals surface area contributed by atoms with E-state index >= 15 is 0 Å². The first-order valence-electron chi connectivity index (χ1n) is 4.08. The van der Waals surface area contributed by atoms with E-state index < -0.39 is 12.2 Å². The van der Waals surface area contributed by atoms with E-state index in [1.165, 1.54) is 0 Å². The number of benzene rings is 1. The number of aliphatic hydroxyl groups excluding tert-OH is 2. The van der Waals surface area contributed by atoms with Gasteiger partial charge in [0.2, 0.25) is 0 Å². The Balaban J connectivity index is 2.91. The zero-order valence-electron chi connectivity index (χ0n) is 7.39. The van der Waals surface area contributed by atoms with Gasteiger partial charge in [0.15, 0.2) is 0 Å². The summed E-state index contributed by atoms with van der Waals surface area (Å²) in [6, 6.07) is 5.04. The first-order chi connectivity index (χ1) is 6.56. The van der Waals surface area contributed by atoms with Gasteiger partial charge in [0.25, 0.3) is 0 Å². The molecule has 78 valence electrons. The Kier molecular flexibility index (Phi) is 4.25. The van der Waals surface area contributed by atoms with Crippen molar-refractivity contribution < 1.29 is 10.2 Å². The molecule has 0 aliphatic carbocycles. The molecule has 0 spiro atoms. The maximum Gasteiger partial charge on any atom is 0.106 e. The average Bonchev–Trinajstić information content (AvgIpc) is 2.20. The normalized spacial score (nSPS) is 15.1. The SMILES string of the molecule is Nc1ccc(C(O)C(O)CS)cc1Br. The fourth-order valence-corrected chi connectivity index (χ4v) is 1.65. The van der Waals surface area contributed by atoms with E-state index in [0.717, 1.165) is 0 Å². The Bertz CT molecular complexity index is 322. The van der Waals surface area contributed by atoms with Crippen LogP contribution >= 0.6 is 28.6 Å². The molecular formula is C9H12BrNO2S. The summed E-state index contributed by atoms with van der Waals surface area (Å²) in [4.78, 5) is 0. The molecule has 3 nitrogen and oxygen atoms in total. The van der Waals surface area contributed by atoms with Crippen LogP contribution in [0.15, 0.2) is 22.7 Å². The maximum absolute atomic E-state index is 9.64. The van der Waals surface area contributed by atoms with Crippen LogP contribution in [0.2, 0.25) is 0 Å². The Hall–Kier alpha value is -0.230. The standard InChI is InChI=1S/C9H12BrNO2S/c10-6-3-5(1-2-7(6)11)9(13)8(12)4-14/h1-3,8-9,12-14H,4,11H2. The molecule has 5 heteroatoms. The number of nitrogen functional groups attached to an aromatic ring is 1. The number of aliphatic hydroxyl groups is 2. The van der Waals surface area contributed by atoms with Gasteiger partial charge in [-0.3, -0.25) is 0 Å². The number of hydrogen-bond acceptors (Lipinski definition) is 4. The van der Waals surface area contributed by atoms with Crippen LogP contribution in [0.25, 0.3) is 0 Å². The molecule has 0 saturated carbocycles. The Morgan fingerprint density at radius 3 is 2.57 bits per heavy atom. The fourth-order valence-electron chi connectivity index (χ4n) is 1.05. The first-order valence-corrected chi connectivity index (χ1v) is 5.50. The predicted octanol–water partition coefficient (Wildman–Crippen LogP) is 1.36. The van der Waals surface area contributed by atoms with Crippen molar-refractivity contribution in [2.45, 2.75) is 12.2 Å². The van der Waals surface area contributed by atoms with Crippen LogP contribution in [0.4, 0.5) is 5.69 Å². The lowest BCUT2D eigenvalue weighted by atomic mass is 10.1. The number of anilines is 1. The van der Waals surface area contributed by atoms with Crippen molar-refractivity contribution >= 4 is 34.2 Å². The quantitative estimate of drug-likeness (QED) is 0.498. The van der Waals surface area contributed by atoms with E-state index in [1.54, 1.807) is 18.2 Å². The van der Waals surface area contributed by atoms with Crippen LogP contribution in [0, 0.1) is 0 Å². The Labute approximate surface area is 96.5 Å². The molecule has 0 aliphatic heterocycles. The van der Waals surface area contributed by atoms with Crippen LogP contribution in [0.3, 0.4) is 0 Å². The van der Waals surface area contributed by atoms with Crippen LogP contribution in [-0.2, 0) is 0 Å². The van der Waals surface area contributed by atoms with Gasteiger partial charge in [-0.15, -0.1) is 0 Å². The minimum absolute atomic E-state index is 0.211. The molecule has 0 bridgehead atoms. The molecular weight excluding hydrogens is 266 g/mol. The molecule has 0 saturated heterocycles. The van der Waals surface area contributed by atoms with E-state index in [2.05, 4.69) is 28.6 Å². The number of hydrogen-bond donors (Lipinski definition) is 4. The Morgan fingerprint density at radius 1 is 1.43 bits per heavy atom. The van der Waals surface area contributed by atoms with E-state index in [0.29, 0.717) is 15.7 Å². The van der Waals surface area contributed by atoms with E-state index in [-0.39, 0.29) is 5.75 Å². The minimum Gasteiger partial charge on any atom is -0.398 e. The molecule has 4 N–H and O–H groups in total. The highest BCUT2D eigenvalue weighted by atomic mass is 79.9. The van der Waals surface area contributed by atoms with Crippen molar-refractivity contribution in [3.63, 3.8) is 0 Å². The van der Waals surface area contributed by atoms with Crippen molar-refractivity contribution in [1.82, 2.24) is 0 Å². The number of halogens is 1. The van der Waals surface area contributed by atoms with Gasteiger partial charge in [0.1, 0.15) is 6.10 Å². The summed E-state index contributed by atoms with van der Waals surface area (Å²) in [5.41, 5.74) is 6.81. The van der Waals surface area contributed by atoms with Gasteiger partial charge in [-0.05, 0) is 33.6 Å². The van der Waals surface area contributed by atoms with Gasteiger partial charge in [-0.25, -0.2) is 0 Å². The minimum atomic E-state index is -0.926. The van der Waals surface area contributed by atoms with Crippen molar-refractivity contribution in [3.8, 4) is 0 Å². The molecule has 0 aliphatic rings. The second-order valence-corrected chi connectivity index (χ2v) is 4.20. The van der Waals surface area contributed by atoms with Crippen LogP contribution in [0.5, 0.6) is 0 Å². The van der Waals surface area contributed by atoms with Gasteiger partial charge in [0.05, 0.1) is 6.10 Å². The topological polar surface area (TPSA) is 66.5 Å². The van der Waals surface area contributed by atoms with E-state index in [1.807, 2.05) is 0 Å². The number of thiol groups is 1. The lowest BCUT2D eigenvalue weighted by Crippen LogP contribution is -2.19. The molecule has 14 heavy (non-hydrogen) atoms. The highest BCUT2D eigenvalue weighted by Crippen LogP contribution is 2.25. The molecule has 2 unspecified atom stereocenters. The largest absolute Gasteiger partial charge is 0.398 e. The van der Waals surface area contributed by atoms with Gasteiger partial charge in [-0.1, -0.05) is 6.07 Å².